The largest absolute Gasteiger partial charge is 0.376 e. The Hall–Kier alpha value is -2.08. The molecule has 2 amide bonds. The van der Waals surface area contributed by atoms with Gasteiger partial charge in [-0.3, -0.25) is 9.59 Å². The Balaban J connectivity index is 1.83. The number of rotatable bonds is 8. The molecule has 1 unspecified atom stereocenters. The van der Waals surface area contributed by atoms with Gasteiger partial charge >= 0.3 is 0 Å². The van der Waals surface area contributed by atoms with Crippen LogP contribution in [0.3, 0.4) is 0 Å². The molecule has 0 aliphatic carbocycles. The lowest BCUT2D eigenvalue weighted by atomic mass is 10.1. The van der Waals surface area contributed by atoms with Crippen molar-refractivity contribution in [2.24, 2.45) is 0 Å². The van der Waals surface area contributed by atoms with Crippen molar-refractivity contribution >= 4 is 23.2 Å². The van der Waals surface area contributed by atoms with Crippen LogP contribution in [0.25, 0.3) is 0 Å². The summed E-state index contributed by atoms with van der Waals surface area (Å²) < 4.78 is 5.45. The minimum absolute atomic E-state index is 0.0851. The molecule has 0 bridgehead atoms. The Labute approximate surface area is 149 Å². The maximum atomic E-state index is 12.1. The lowest BCUT2D eigenvalue weighted by Crippen LogP contribution is -2.34. The number of nitrogens with zero attached hydrogens (tertiary/aromatic N) is 1. The highest BCUT2D eigenvalue weighted by atomic mass is 16.5. The number of ether oxygens (including phenoxy) is 1. The van der Waals surface area contributed by atoms with Crippen molar-refractivity contribution in [3.05, 3.63) is 23.8 Å². The molecular formula is C19H29N3O3. The molecular weight excluding hydrogens is 318 g/mol. The van der Waals surface area contributed by atoms with Crippen LogP contribution < -0.4 is 15.5 Å². The Morgan fingerprint density at radius 3 is 2.60 bits per heavy atom. The van der Waals surface area contributed by atoms with Crippen molar-refractivity contribution < 1.29 is 14.3 Å². The second-order valence-electron chi connectivity index (χ2n) is 6.34. The first-order valence-corrected chi connectivity index (χ1v) is 9.07. The van der Waals surface area contributed by atoms with Gasteiger partial charge in [-0.25, -0.2) is 0 Å². The third-order valence-corrected chi connectivity index (χ3v) is 4.48. The number of aryl methyl sites for hydroxylation is 1. The van der Waals surface area contributed by atoms with Gasteiger partial charge in [-0.1, -0.05) is 0 Å². The SMILES string of the molecule is CCN(CC)c1ccc(NC(=O)CC(=O)NCC2CCCO2)c(C)c1. The minimum atomic E-state index is -0.302. The molecule has 0 radical (unpaired) electrons. The summed E-state index contributed by atoms with van der Waals surface area (Å²) in [4.78, 5) is 26.2. The lowest BCUT2D eigenvalue weighted by molar-refractivity contribution is -0.127. The first-order chi connectivity index (χ1) is 12.0. The molecule has 1 heterocycles. The molecule has 0 spiro atoms. The number of anilines is 2. The Bertz CT molecular complexity index is 594. The van der Waals surface area contributed by atoms with Crippen LogP contribution in [0.4, 0.5) is 11.4 Å². The number of benzene rings is 1. The third-order valence-electron chi connectivity index (χ3n) is 4.48. The smallest absolute Gasteiger partial charge is 0.233 e. The highest BCUT2D eigenvalue weighted by molar-refractivity contribution is 6.03. The van der Waals surface area contributed by atoms with Crippen molar-refractivity contribution in [2.45, 2.75) is 46.1 Å². The maximum absolute atomic E-state index is 12.1. The first kappa shape index (κ1) is 19.2. The van der Waals surface area contributed by atoms with Crippen LogP contribution in [0.2, 0.25) is 0 Å². The molecule has 138 valence electrons. The normalized spacial score (nSPS) is 16.5. The molecule has 1 aliphatic rings. The highest BCUT2D eigenvalue weighted by Crippen LogP contribution is 2.22. The van der Waals surface area contributed by atoms with Crippen LogP contribution in [0.15, 0.2) is 18.2 Å². The van der Waals surface area contributed by atoms with Crippen molar-refractivity contribution in [3.8, 4) is 0 Å². The Morgan fingerprint density at radius 1 is 1.24 bits per heavy atom. The maximum Gasteiger partial charge on any atom is 0.233 e. The summed E-state index contributed by atoms with van der Waals surface area (Å²) in [5.74, 6) is -0.575. The summed E-state index contributed by atoms with van der Waals surface area (Å²) in [6.07, 6.45) is 1.90. The number of amides is 2. The van der Waals surface area contributed by atoms with Gasteiger partial charge < -0.3 is 20.3 Å². The molecule has 0 aromatic heterocycles. The Morgan fingerprint density at radius 2 is 2.00 bits per heavy atom. The van der Waals surface area contributed by atoms with Gasteiger partial charge in [-0.15, -0.1) is 0 Å². The van der Waals surface area contributed by atoms with Gasteiger partial charge in [0.05, 0.1) is 6.10 Å². The number of hydrogen-bond acceptors (Lipinski definition) is 4. The van der Waals surface area contributed by atoms with E-state index in [-0.39, 0.29) is 24.3 Å². The van der Waals surface area contributed by atoms with Crippen LogP contribution in [0, 0.1) is 6.92 Å². The highest BCUT2D eigenvalue weighted by Gasteiger charge is 2.17. The average Bonchev–Trinajstić information content (AvgIpc) is 3.10. The van der Waals surface area contributed by atoms with Crippen molar-refractivity contribution in [1.82, 2.24) is 5.32 Å². The van der Waals surface area contributed by atoms with E-state index in [0.717, 1.165) is 49.5 Å². The third kappa shape index (κ3) is 5.74. The minimum Gasteiger partial charge on any atom is -0.376 e. The standard InChI is InChI=1S/C19H29N3O3/c1-4-22(5-2)15-8-9-17(14(3)11-15)21-19(24)12-18(23)20-13-16-7-6-10-25-16/h8-9,11,16H,4-7,10,12-13H2,1-3H3,(H,20,23)(H,21,24). The summed E-state index contributed by atoms with van der Waals surface area (Å²) in [7, 11) is 0. The molecule has 1 aromatic carbocycles. The predicted molar refractivity (Wildman–Crippen MR) is 100.0 cm³/mol. The topological polar surface area (TPSA) is 70.7 Å². The van der Waals surface area contributed by atoms with E-state index in [9.17, 15) is 9.59 Å². The first-order valence-electron chi connectivity index (χ1n) is 9.07. The molecule has 1 aromatic rings. The summed E-state index contributed by atoms with van der Waals surface area (Å²) in [6, 6.07) is 5.94. The zero-order valence-electron chi connectivity index (χ0n) is 15.4. The molecule has 2 N–H and O–H groups in total. The van der Waals surface area contributed by atoms with Crippen LogP contribution >= 0.6 is 0 Å². The molecule has 1 aliphatic heterocycles. The van der Waals surface area contributed by atoms with Crippen LogP contribution in [0.1, 0.15) is 38.7 Å². The van der Waals surface area contributed by atoms with Gasteiger partial charge in [0.2, 0.25) is 11.8 Å². The van der Waals surface area contributed by atoms with E-state index >= 15 is 0 Å². The van der Waals surface area contributed by atoms with Crippen molar-refractivity contribution in [3.63, 3.8) is 0 Å². The van der Waals surface area contributed by atoms with E-state index in [1.54, 1.807) is 0 Å². The molecule has 1 atom stereocenters. The second kappa shape index (κ2) is 9.42. The number of hydrogen-bond donors (Lipinski definition) is 2. The molecule has 6 heteroatoms. The molecule has 1 saturated heterocycles. The van der Waals surface area contributed by atoms with E-state index in [1.165, 1.54) is 0 Å². The summed E-state index contributed by atoms with van der Waals surface area (Å²) in [5.41, 5.74) is 2.86. The Kier molecular flexibility index (Phi) is 7.25. The fraction of sp³-hybridized carbons (Fsp3) is 0.579. The number of nitrogens with one attached hydrogen (secondary N) is 2. The van der Waals surface area contributed by atoms with E-state index in [2.05, 4.69) is 35.4 Å². The van der Waals surface area contributed by atoms with Gasteiger partial charge in [0.1, 0.15) is 6.42 Å². The molecule has 6 nitrogen and oxygen atoms in total. The average molecular weight is 347 g/mol. The van der Waals surface area contributed by atoms with Crippen molar-refractivity contribution in [1.29, 1.82) is 0 Å². The molecule has 25 heavy (non-hydrogen) atoms. The molecule has 2 rings (SSSR count). The monoisotopic (exact) mass is 347 g/mol. The van der Waals surface area contributed by atoms with Gasteiger partial charge in [-0.05, 0) is 57.4 Å². The molecule has 1 fully saturated rings. The number of carbonyl (C=O) groups is 2. The van der Waals surface area contributed by atoms with Crippen LogP contribution in [0.5, 0.6) is 0 Å². The van der Waals surface area contributed by atoms with Gasteiger partial charge in [0.15, 0.2) is 0 Å². The van der Waals surface area contributed by atoms with Gasteiger partial charge in [-0.2, -0.15) is 0 Å². The number of carbonyl (C=O) groups excluding carboxylic acids is 2. The second-order valence-corrected chi connectivity index (χ2v) is 6.34. The van der Waals surface area contributed by atoms with Crippen LogP contribution in [-0.4, -0.2) is 44.2 Å². The van der Waals surface area contributed by atoms with Gasteiger partial charge in [0, 0.05) is 37.6 Å². The van der Waals surface area contributed by atoms with E-state index in [4.69, 9.17) is 4.74 Å². The summed E-state index contributed by atoms with van der Waals surface area (Å²) >= 11 is 0. The van der Waals surface area contributed by atoms with Crippen molar-refractivity contribution in [2.75, 3.05) is 36.5 Å². The summed E-state index contributed by atoms with van der Waals surface area (Å²) in [6.45, 7) is 9.29. The molecule has 0 saturated carbocycles. The van der Waals surface area contributed by atoms with Gasteiger partial charge in [0.25, 0.3) is 0 Å². The van der Waals surface area contributed by atoms with Crippen LogP contribution in [-0.2, 0) is 14.3 Å². The zero-order valence-corrected chi connectivity index (χ0v) is 15.4. The van der Waals surface area contributed by atoms with E-state index in [1.807, 2.05) is 19.1 Å². The van der Waals surface area contributed by atoms with E-state index < -0.39 is 0 Å². The zero-order chi connectivity index (χ0) is 18.2. The summed E-state index contributed by atoms with van der Waals surface area (Å²) in [5, 5.41) is 5.59. The van der Waals surface area contributed by atoms with E-state index in [0.29, 0.717) is 6.54 Å². The lowest BCUT2D eigenvalue weighted by Gasteiger charge is -2.22. The quantitative estimate of drug-likeness (QED) is 0.709. The fourth-order valence-corrected chi connectivity index (χ4v) is 3.01. The fourth-order valence-electron chi connectivity index (χ4n) is 3.01. The predicted octanol–water partition coefficient (Wildman–Crippen LogP) is 2.47.